The molecule has 0 fully saturated rings. The number of thioether (sulfide) groups is 1. The normalized spacial score (nSPS) is 10.3. The Hall–Kier alpha value is -1.99. The smallest absolute Gasteiger partial charge is 0.304 e. The molecule has 2 rings (SSSR count). The second-order valence-corrected chi connectivity index (χ2v) is 6.69. The third-order valence-corrected chi connectivity index (χ3v) is 4.89. The molecule has 0 aliphatic rings. The number of carboxylic acids is 1. The minimum atomic E-state index is -0.789. The molecular formula is C16H17NO4S2. The van der Waals surface area contributed by atoms with Gasteiger partial charge in [0.05, 0.1) is 13.5 Å². The molecule has 0 bridgehead atoms. The van der Waals surface area contributed by atoms with E-state index in [0.717, 1.165) is 5.56 Å². The fourth-order valence-corrected chi connectivity index (χ4v) is 3.53. The number of nitrogens with one attached hydrogen (secondary N) is 1. The summed E-state index contributed by atoms with van der Waals surface area (Å²) >= 11 is 2.88. The molecule has 0 saturated heterocycles. The van der Waals surface area contributed by atoms with Gasteiger partial charge in [0.1, 0.15) is 10.6 Å². The maximum absolute atomic E-state index is 12.3. The number of hydrogen-bond acceptors (Lipinski definition) is 5. The Morgan fingerprint density at radius 3 is 2.91 bits per heavy atom. The number of hydrogen-bond donors (Lipinski definition) is 2. The molecule has 1 aromatic heterocycles. The van der Waals surface area contributed by atoms with Crippen molar-refractivity contribution < 1.29 is 19.4 Å². The summed E-state index contributed by atoms with van der Waals surface area (Å²) in [6.45, 7) is 0. The third-order valence-electron chi connectivity index (χ3n) is 2.97. The fourth-order valence-electron chi connectivity index (χ4n) is 1.90. The van der Waals surface area contributed by atoms with Crippen molar-refractivity contribution in [2.75, 3.05) is 18.2 Å². The Balaban J connectivity index is 1.94. The van der Waals surface area contributed by atoms with Crippen LogP contribution in [-0.4, -0.2) is 29.8 Å². The Morgan fingerprint density at radius 1 is 1.35 bits per heavy atom. The predicted molar refractivity (Wildman–Crippen MR) is 93.7 cm³/mol. The predicted octanol–water partition coefficient (Wildman–Crippen LogP) is 3.72. The van der Waals surface area contributed by atoms with Crippen molar-refractivity contribution in [2.45, 2.75) is 12.2 Å². The van der Waals surface area contributed by atoms with Gasteiger partial charge in [-0.15, -0.1) is 11.3 Å². The summed E-state index contributed by atoms with van der Waals surface area (Å²) in [5, 5.41) is 13.3. The lowest BCUT2D eigenvalue weighted by molar-refractivity contribution is -0.136. The minimum absolute atomic E-state index is 0.152. The average molecular weight is 351 g/mol. The lowest BCUT2D eigenvalue weighted by Crippen LogP contribution is -2.11. The number of ether oxygens (including phenoxy) is 1. The van der Waals surface area contributed by atoms with Crippen LogP contribution in [0.15, 0.2) is 35.7 Å². The molecule has 23 heavy (non-hydrogen) atoms. The van der Waals surface area contributed by atoms with Crippen molar-refractivity contribution in [2.24, 2.45) is 0 Å². The van der Waals surface area contributed by atoms with Gasteiger partial charge in [-0.05, 0) is 29.1 Å². The summed E-state index contributed by atoms with van der Waals surface area (Å²) in [6, 6.07) is 9.30. The average Bonchev–Trinajstić information content (AvgIpc) is 3.00. The van der Waals surface area contributed by atoms with Gasteiger partial charge in [0.15, 0.2) is 0 Å². The molecule has 1 aromatic carbocycles. The first-order valence-electron chi connectivity index (χ1n) is 6.91. The highest BCUT2D eigenvalue weighted by Gasteiger charge is 2.14. The van der Waals surface area contributed by atoms with Crippen LogP contribution in [-0.2, 0) is 10.5 Å². The maximum Gasteiger partial charge on any atom is 0.304 e. The van der Waals surface area contributed by atoms with Gasteiger partial charge in [-0.25, -0.2) is 0 Å². The van der Waals surface area contributed by atoms with Crippen LogP contribution >= 0.6 is 23.1 Å². The van der Waals surface area contributed by atoms with E-state index in [4.69, 9.17) is 9.84 Å². The van der Waals surface area contributed by atoms with Crippen LogP contribution < -0.4 is 10.1 Å². The van der Waals surface area contributed by atoms with Crippen LogP contribution in [0.1, 0.15) is 21.7 Å². The van der Waals surface area contributed by atoms with Gasteiger partial charge in [-0.1, -0.05) is 12.1 Å². The molecule has 2 aromatic rings. The first-order valence-corrected chi connectivity index (χ1v) is 8.95. The highest BCUT2D eigenvalue weighted by molar-refractivity contribution is 7.98. The van der Waals surface area contributed by atoms with Crippen LogP contribution in [0.5, 0.6) is 5.75 Å². The van der Waals surface area contributed by atoms with E-state index >= 15 is 0 Å². The summed E-state index contributed by atoms with van der Waals surface area (Å²) in [7, 11) is 1.54. The summed E-state index contributed by atoms with van der Waals surface area (Å²) in [4.78, 5) is 23.3. The Kier molecular flexibility index (Phi) is 6.49. The zero-order valence-corrected chi connectivity index (χ0v) is 14.2. The quantitative estimate of drug-likeness (QED) is 0.709. The number of rotatable bonds is 8. The number of thiophene rings is 1. The first kappa shape index (κ1) is 17.4. The summed E-state index contributed by atoms with van der Waals surface area (Å²) in [5.41, 5.74) is 1.75. The van der Waals surface area contributed by atoms with Crippen molar-refractivity contribution in [3.63, 3.8) is 0 Å². The van der Waals surface area contributed by atoms with Crippen LogP contribution in [0, 0.1) is 0 Å². The van der Waals surface area contributed by atoms with Gasteiger partial charge in [0.25, 0.3) is 5.91 Å². The second-order valence-electron chi connectivity index (χ2n) is 4.67. The molecule has 5 nitrogen and oxygen atoms in total. The van der Waals surface area contributed by atoms with E-state index in [1.54, 1.807) is 17.8 Å². The van der Waals surface area contributed by atoms with Gasteiger partial charge in [-0.3, -0.25) is 9.59 Å². The molecule has 0 saturated carbocycles. The van der Waals surface area contributed by atoms with Gasteiger partial charge < -0.3 is 15.2 Å². The zero-order chi connectivity index (χ0) is 16.7. The number of carbonyl (C=O) groups is 2. The molecule has 0 aliphatic carbocycles. The molecular weight excluding hydrogens is 334 g/mol. The third kappa shape index (κ3) is 5.30. The van der Waals surface area contributed by atoms with Crippen molar-refractivity contribution >= 4 is 40.7 Å². The molecule has 0 radical (unpaired) electrons. The van der Waals surface area contributed by atoms with Gasteiger partial charge in [0, 0.05) is 17.2 Å². The number of carbonyl (C=O) groups excluding carboxylic acids is 1. The summed E-state index contributed by atoms with van der Waals surface area (Å²) < 4.78 is 5.15. The molecule has 0 spiro atoms. The molecule has 2 N–H and O–H groups in total. The number of amides is 1. The minimum Gasteiger partial charge on any atom is -0.495 e. The summed E-state index contributed by atoms with van der Waals surface area (Å²) in [6.07, 6.45) is 0.152. The van der Waals surface area contributed by atoms with Crippen molar-refractivity contribution in [3.05, 3.63) is 46.2 Å². The number of benzene rings is 1. The highest BCUT2D eigenvalue weighted by Crippen LogP contribution is 2.26. The van der Waals surface area contributed by atoms with E-state index in [-0.39, 0.29) is 12.3 Å². The van der Waals surface area contributed by atoms with Crippen LogP contribution in [0.25, 0.3) is 0 Å². The Bertz CT molecular complexity index is 684. The Morgan fingerprint density at radius 2 is 2.17 bits per heavy atom. The molecule has 0 unspecified atom stereocenters. The van der Waals surface area contributed by atoms with Gasteiger partial charge in [-0.2, -0.15) is 11.8 Å². The van der Waals surface area contributed by atoms with Gasteiger partial charge in [0.2, 0.25) is 0 Å². The number of anilines is 1. The standard InChI is InChI=1S/C16H17NO4S2/c1-21-13-5-8-23-15(13)16(20)17-12-4-2-3-11(9-12)10-22-7-6-14(18)19/h2-5,8-9H,6-7,10H2,1H3,(H,17,20)(H,18,19). The maximum atomic E-state index is 12.3. The van der Waals surface area contributed by atoms with Gasteiger partial charge >= 0.3 is 5.97 Å². The van der Waals surface area contributed by atoms with Crippen LogP contribution in [0.4, 0.5) is 5.69 Å². The SMILES string of the molecule is COc1ccsc1C(=O)Nc1cccc(CSCCC(=O)O)c1. The second kappa shape index (κ2) is 8.59. The number of carboxylic acid groups (broad SMARTS) is 1. The van der Waals surface area contributed by atoms with Crippen LogP contribution in [0.2, 0.25) is 0 Å². The van der Waals surface area contributed by atoms with E-state index in [2.05, 4.69) is 5.32 Å². The lowest BCUT2D eigenvalue weighted by atomic mass is 10.2. The van der Waals surface area contributed by atoms with E-state index in [1.165, 1.54) is 18.4 Å². The lowest BCUT2D eigenvalue weighted by Gasteiger charge is -2.07. The Labute approximate surface area is 142 Å². The largest absolute Gasteiger partial charge is 0.495 e. The number of methoxy groups -OCH3 is 1. The molecule has 0 aliphatic heterocycles. The molecule has 1 amide bonds. The monoisotopic (exact) mass is 351 g/mol. The van der Waals surface area contributed by atoms with Crippen molar-refractivity contribution in [3.8, 4) is 5.75 Å². The number of aliphatic carboxylic acids is 1. The topological polar surface area (TPSA) is 75.6 Å². The van der Waals surface area contributed by atoms with E-state index in [1.807, 2.05) is 29.6 Å². The zero-order valence-electron chi connectivity index (χ0n) is 12.6. The van der Waals surface area contributed by atoms with E-state index in [9.17, 15) is 9.59 Å². The van der Waals surface area contributed by atoms with Crippen LogP contribution in [0.3, 0.4) is 0 Å². The van der Waals surface area contributed by atoms with E-state index in [0.29, 0.717) is 27.8 Å². The fraction of sp³-hybridized carbons (Fsp3) is 0.250. The van der Waals surface area contributed by atoms with Crippen molar-refractivity contribution in [1.82, 2.24) is 0 Å². The molecule has 1 heterocycles. The highest BCUT2D eigenvalue weighted by atomic mass is 32.2. The van der Waals surface area contributed by atoms with E-state index < -0.39 is 5.97 Å². The van der Waals surface area contributed by atoms with Crippen molar-refractivity contribution in [1.29, 1.82) is 0 Å². The molecule has 0 atom stereocenters. The summed E-state index contributed by atoms with van der Waals surface area (Å²) in [5.74, 6) is 0.848. The molecule has 7 heteroatoms. The molecule has 122 valence electrons. The first-order chi connectivity index (χ1) is 11.1.